The van der Waals surface area contributed by atoms with Gasteiger partial charge in [-0.2, -0.15) is 0 Å². The van der Waals surface area contributed by atoms with Gasteiger partial charge in [-0.1, -0.05) is 13.8 Å². The first-order chi connectivity index (χ1) is 9.52. The van der Waals surface area contributed by atoms with Crippen LogP contribution in [-0.2, 0) is 0 Å². The van der Waals surface area contributed by atoms with Gasteiger partial charge in [-0.05, 0) is 30.2 Å². The summed E-state index contributed by atoms with van der Waals surface area (Å²) in [6.45, 7) is 4.17. The lowest BCUT2D eigenvalue weighted by Gasteiger charge is -2.17. The molecule has 0 atom stereocenters. The highest BCUT2D eigenvalue weighted by atomic mass is 32.1. The number of nitrogens with zero attached hydrogens (tertiary/aromatic N) is 2. The number of benzene rings is 1. The molecule has 5 nitrogen and oxygen atoms in total. The van der Waals surface area contributed by atoms with E-state index in [0.29, 0.717) is 16.7 Å². The topological polar surface area (TPSA) is 68.5 Å². The molecule has 0 saturated heterocycles. The predicted octanol–water partition coefficient (Wildman–Crippen LogP) is 3.49. The number of hydrogen-bond donors (Lipinski definition) is 1. The Bertz CT molecular complexity index is 593. The Labute approximate surface area is 122 Å². The maximum atomic E-state index is 11.7. The summed E-state index contributed by atoms with van der Waals surface area (Å²) in [7, 11) is 1.59. The normalized spacial score (nSPS) is 10.6. The van der Waals surface area contributed by atoms with Gasteiger partial charge in [0, 0.05) is 11.1 Å². The van der Waals surface area contributed by atoms with Crippen LogP contribution in [0.2, 0.25) is 0 Å². The van der Waals surface area contributed by atoms with Crippen LogP contribution in [0.3, 0.4) is 0 Å². The van der Waals surface area contributed by atoms with E-state index in [1.165, 1.54) is 16.2 Å². The fraction of sp³-hybridized carbons (Fsp3) is 0.286. The molecule has 2 aromatic rings. The Morgan fingerprint density at radius 2 is 2.00 bits per heavy atom. The molecule has 0 saturated carbocycles. The number of methoxy groups -OCH3 is 1. The molecule has 0 spiro atoms. The number of urea groups is 1. The molecule has 2 N–H and O–H groups in total. The standard InChI is InChI=1S/C14H17N3O2S/c1-9(2)12-8-16-14(20-12)17(13(15)18)10-4-6-11(19-3)7-5-10/h4-9H,1-3H3,(H2,15,18). The van der Waals surface area contributed by atoms with Crippen LogP contribution in [0.4, 0.5) is 15.6 Å². The molecule has 2 amide bonds. The van der Waals surface area contributed by atoms with Crippen molar-refractivity contribution in [1.29, 1.82) is 0 Å². The van der Waals surface area contributed by atoms with Crippen LogP contribution in [0.25, 0.3) is 0 Å². The van der Waals surface area contributed by atoms with E-state index >= 15 is 0 Å². The number of primary amides is 1. The van der Waals surface area contributed by atoms with Crippen LogP contribution in [0, 0.1) is 0 Å². The van der Waals surface area contributed by atoms with E-state index in [9.17, 15) is 4.79 Å². The van der Waals surface area contributed by atoms with Gasteiger partial charge in [0.2, 0.25) is 0 Å². The summed E-state index contributed by atoms with van der Waals surface area (Å²) in [5, 5.41) is 0.575. The summed E-state index contributed by atoms with van der Waals surface area (Å²) in [6.07, 6.45) is 1.78. The van der Waals surface area contributed by atoms with Crippen molar-refractivity contribution in [1.82, 2.24) is 4.98 Å². The molecule has 2 rings (SSSR count). The van der Waals surface area contributed by atoms with Gasteiger partial charge >= 0.3 is 6.03 Å². The fourth-order valence-corrected chi connectivity index (χ4v) is 2.65. The second-order valence-corrected chi connectivity index (χ2v) is 5.61. The van der Waals surface area contributed by atoms with Crippen LogP contribution < -0.4 is 15.4 Å². The van der Waals surface area contributed by atoms with Gasteiger partial charge in [0.05, 0.1) is 12.8 Å². The summed E-state index contributed by atoms with van der Waals surface area (Å²) in [4.78, 5) is 18.5. The van der Waals surface area contributed by atoms with Gasteiger partial charge < -0.3 is 10.5 Å². The van der Waals surface area contributed by atoms with E-state index in [2.05, 4.69) is 18.8 Å². The largest absolute Gasteiger partial charge is 0.497 e. The molecular formula is C14H17N3O2S. The summed E-state index contributed by atoms with van der Waals surface area (Å²) < 4.78 is 5.10. The molecule has 0 radical (unpaired) electrons. The number of rotatable bonds is 4. The number of carbonyl (C=O) groups is 1. The van der Waals surface area contributed by atoms with Crippen molar-refractivity contribution in [3.63, 3.8) is 0 Å². The molecule has 0 bridgehead atoms. The van der Waals surface area contributed by atoms with E-state index in [0.717, 1.165) is 10.6 Å². The first-order valence-electron chi connectivity index (χ1n) is 6.22. The Hall–Kier alpha value is -2.08. The van der Waals surface area contributed by atoms with Gasteiger partial charge in [0.1, 0.15) is 5.75 Å². The molecule has 0 aliphatic rings. The first-order valence-corrected chi connectivity index (χ1v) is 7.04. The highest BCUT2D eigenvalue weighted by Gasteiger charge is 2.19. The van der Waals surface area contributed by atoms with Crippen molar-refractivity contribution in [2.24, 2.45) is 5.73 Å². The lowest BCUT2D eigenvalue weighted by molar-refractivity contribution is 0.256. The predicted molar refractivity (Wildman–Crippen MR) is 80.9 cm³/mol. The highest BCUT2D eigenvalue weighted by Crippen LogP contribution is 2.33. The molecule has 1 aromatic heterocycles. The van der Waals surface area contributed by atoms with Crippen LogP contribution in [0.15, 0.2) is 30.5 Å². The minimum absolute atomic E-state index is 0.367. The van der Waals surface area contributed by atoms with Crippen LogP contribution in [-0.4, -0.2) is 18.1 Å². The third kappa shape index (κ3) is 2.91. The lowest BCUT2D eigenvalue weighted by Crippen LogP contribution is -2.31. The minimum atomic E-state index is -0.556. The zero-order chi connectivity index (χ0) is 14.7. The van der Waals surface area contributed by atoms with Crippen LogP contribution >= 0.6 is 11.3 Å². The quantitative estimate of drug-likeness (QED) is 0.937. The number of carbonyl (C=O) groups excluding carboxylic acids is 1. The monoisotopic (exact) mass is 291 g/mol. The van der Waals surface area contributed by atoms with Gasteiger partial charge in [0.25, 0.3) is 0 Å². The van der Waals surface area contributed by atoms with E-state index in [1.54, 1.807) is 37.6 Å². The highest BCUT2D eigenvalue weighted by molar-refractivity contribution is 7.15. The number of thiazole rings is 1. The van der Waals surface area contributed by atoms with Crippen molar-refractivity contribution in [3.8, 4) is 5.75 Å². The molecular weight excluding hydrogens is 274 g/mol. The van der Waals surface area contributed by atoms with Crippen LogP contribution in [0.5, 0.6) is 5.75 Å². The summed E-state index contributed by atoms with van der Waals surface area (Å²) in [6, 6.07) is 6.56. The molecule has 6 heteroatoms. The fourth-order valence-electron chi connectivity index (χ4n) is 1.71. The zero-order valence-corrected chi connectivity index (χ0v) is 12.5. The molecule has 0 fully saturated rings. The minimum Gasteiger partial charge on any atom is -0.497 e. The Balaban J connectivity index is 2.36. The zero-order valence-electron chi connectivity index (χ0n) is 11.7. The van der Waals surface area contributed by atoms with Crippen LogP contribution in [0.1, 0.15) is 24.6 Å². The average molecular weight is 291 g/mol. The molecule has 1 heterocycles. The second-order valence-electron chi connectivity index (χ2n) is 4.57. The summed E-state index contributed by atoms with van der Waals surface area (Å²) in [5.41, 5.74) is 6.15. The maximum absolute atomic E-state index is 11.7. The number of aromatic nitrogens is 1. The van der Waals surface area contributed by atoms with Gasteiger partial charge in [0.15, 0.2) is 5.13 Å². The Morgan fingerprint density at radius 1 is 1.35 bits per heavy atom. The SMILES string of the molecule is COc1ccc(N(C(N)=O)c2ncc(C(C)C)s2)cc1. The van der Waals surface area contributed by atoms with Crippen molar-refractivity contribution in [3.05, 3.63) is 35.3 Å². The molecule has 0 unspecified atom stereocenters. The number of anilines is 2. The number of ether oxygens (including phenoxy) is 1. The number of nitrogens with two attached hydrogens (primary N) is 1. The third-order valence-corrected chi connectivity index (χ3v) is 4.11. The molecule has 106 valence electrons. The molecule has 1 aromatic carbocycles. The van der Waals surface area contributed by atoms with Gasteiger partial charge in [-0.25, -0.2) is 14.7 Å². The lowest BCUT2D eigenvalue weighted by atomic mass is 10.2. The smallest absolute Gasteiger partial charge is 0.325 e. The van der Waals surface area contributed by atoms with Crippen molar-refractivity contribution < 1.29 is 9.53 Å². The maximum Gasteiger partial charge on any atom is 0.325 e. The van der Waals surface area contributed by atoms with Crippen molar-refractivity contribution in [2.45, 2.75) is 19.8 Å². The van der Waals surface area contributed by atoms with Crippen molar-refractivity contribution >= 4 is 28.2 Å². The second kappa shape index (κ2) is 5.92. The Morgan fingerprint density at radius 3 is 2.45 bits per heavy atom. The van der Waals surface area contributed by atoms with E-state index in [1.807, 2.05) is 0 Å². The van der Waals surface area contributed by atoms with E-state index < -0.39 is 6.03 Å². The average Bonchev–Trinajstić information content (AvgIpc) is 2.89. The molecule has 0 aliphatic carbocycles. The van der Waals surface area contributed by atoms with E-state index in [-0.39, 0.29) is 0 Å². The molecule has 20 heavy (non-hydrogen) atoms. The number of hydrogen-bond acceptors (Lipinski definition) is 4. The first kappa shape index (κ1) is 14.3. The molecule has 0 aliphatic heterocycles. The summed E-state index contributed by atoms with van der Waals surface area (Å²) in [5.74, 6) is 1.09. The van der Waals surface area contributed by atoms with Crippen molar-refractivity contribution in [2.75, 3.05) is 12.0 Å². The van der Waals surface area contributed by atoms with Gasteiger partial charge in [-0.3, -0.25) is 0 Å². The number of amides is 2. The summed E-state index contributed by atoms with van der Waals surface area (Å²) >= 11 is 1.46. The third-order valence-electron chi connectivity index (χ3n) is 2.82. The van der Waals surface area contributed by atoms with Gasteiger partial charge in [-0.15, -0.1) is 11.3 Å². The Kier molecular flexibility index (Phi) is 4.24. The van der Waals surface area contributed by atoms with E-state index in [4.69, 9.17) is 10.5 Å².